The highest BCUT2D eigenvalue weighted by atomic mass is 16.4. The number of likely N-dealkylation sites (N-methyl/N-ethyl adjacent to an activating group) is 1. The fourth-order valence-corrected chi connectivity index (χ4v) is 4.24. The Kier molecular flexibility index (Phi) is 9.53. The molecule has 0 spiro atoms. The lowest BCUT2D eigenvalue weighted by Gasteiger charge is -2.36. The summed E-state index contributed by atoms with van der Waals surface area (Å²) in [7, 11) is 2.20. The summed E-state index contributed by atoms with van der Waals surface area (Å²) in [6, 6.07) is -0.574. The molecule has 2 heterocycles. The molecule has 0 amide bonds. The normalized spacial score (nSPS) is 27.3. The van der Waals surface area contributed by atoms with Gasteiger partial charge in [0.1, 0.15) is 11.8 Å². The third-order valence-electron chi connectivity index (χ3n) is 6.37. The maximum Gasteiger partial charge on any atom is 0.320 e. The van der Waals surface area contributed by atoms with Crippen LogP contribution in [0, 0.1) is 5.41 Å². The summed E-state index contributed by atoms with van der Waals surface area (Å²) in [5.41, 5.74) is -0.410. The lowest BCUT2D eigenvalue weighted by Crippen LogP contribution is -2.50. The number of aliphatic carboxylic acids is 1. The van der Waals surface area contributed by atoms with Gasteiger partial charge in [-0.25, -0.2) is 0 Å². The van der Waals surface area contributed by atoms with Gasteiger partial charge in [0.15, 0.2) is 0 Å². The van der Waals surface area contributed by atoms with Crippen molar-refractivity contribution >= 4 is 11.8 Å². The number of hydrogen-bond acceptors (Lipinski definition) is 6. The molecular weight excluding hydrogens is 368 g/mol. The first-order valence-corrected chi connectivity index (χ1v) is 11.3. The Morgan fingerprint density at radius 2 is 1.38 bits per heavy atom. The predicted octanol–water partition coefficient (Wildman–Crippen LogP) is 1.48. The molecule has 3 unspecified atom stereocenters. The van der Waals surface area contributed by atoms with Gasteiger partial charge in [0.25, 0.3) is 0 Å². The zero-order valence-corrected chi connectivity index (χ0v) is 19.0. The minimum atomic E-state index is -0.796. The van der Waals surface area contributed by atoms with Gasteiger partial charge in [-0.3, -0.25) is 14.5 Å². The Hall–Kier alpha value is -1.02. The van der Waals surface area contributed by atoms with Crippen LogP contribution in [0.3, 0.4) is 0 Å². The van der Waals surface area contributed by atoms with Crippen molar-refractivity contribution in [2.45, 2.75) is 52.5 Å². The summed E-state index contributed by atoms with van der Waals surface area (Å²) in [5.74, 6) is -0.654. The number of rotatable bonds is 5. The van der Waals surface area contributed by atoms with Crippen molar-refractivity contribution in [2.24, 2.45) is 5.41 Å². The molecule has 1 N–H and O–H groups in total. The smallest absolute Gasteiger partial charge is 0.320 e. The fourth-order valence-electron chi connectivity index (χ4n) is 4.24. The van der Waals surface area contributed by atoms with Crippen molar-refractivity contribution in [3.05, 3.63) is 0 Å². The van der Waals surface area contributed by atoms with Crippen LogP contribution >= 0.6 is 0 Å². The van der Waals surface area contributed by atoms with Crippen molar-refractivity contribution in [1.82, 2.24) is 19.6 Å². The standard InChI is InChI=1S/C22H42N4O3/c1-22(2,3)20(27)8-7-19(21(28)29)26-12-6-11-24-14-13-23(4)9-5-10-25(16-15-24)17-18-26/h19H,5-18H2,1-4H3,(H,28,29). The first-order valence-electron chi connectivity index (χ1n) is 11.3. The molecule has 168 valence electrons. The van der Waals surface area contributed by atoms with Gasteiger partial charge in [0.05, 0.1) is 0 Å². The molecule has 2 aliphatic rings. The molecule has 7 heteroatoms. The van der Waals surface area contributed by atoms with E-state index in [-0.39, 0.29) is 5.78 Å². The van der Waals surface area contributed by atoms with Crippen molar-refractivity contribution in [3.8, 4) is 0 Å². The molecule has 0 saturated carbocycles. The van der Waals surface area contributed by atoms with E-state index < -0.39 is 17.4 Å². The van der Waals surface area contributed by atoms with Gasteiger partial charge in [0, 0.05) is 57.6 Å². The first-order chi connectivity index (χ1) is 13.7. The summed E-state index contributed by atoms with van der Waals surface area (Å²) in [4.78, 5) is 34.0. The second-order valence-electron chi connectivity index (χ2n) is 9.80. The quantitative estimate of drug-likeness (QED) is 0.736. The van der Waals surface area contributed by atoms with E-state index in [1.54, 1.807) is 0 Å². The predicted molar refractivity (Wildman–Crippen MR) is 116 cm³/mol. The molecule has 2 aliphatic heterocycles. The number of fused-ring (bicyclic) bond motifs is 3. The second-order valence-corrected chi connectivity index (χ2v) is 9.80. The number of carbonyl (C=O) groups is 2. The highest BCUT2D eigenvalue weighted by Gasteiger charge is 2.29. The molecule has 7 nitrogen and oxygen atoms in total. The van der Waals surface area contributed by atoms with Crippen LogP contribution < -0.4 is 0 Å². The largest absolute Gasteiger partial charge is 0.480 e. The molecule has 3 atom stereocenters. The van der Waals surface area contributed by atoms with Gasteiger partial charge < -0.3 is 19.8 Å². The minimum absolute atomic E-state index is 0.142. The van der Waals surface area contributed by atoms with Crippen molar-refractivity contribution in [3.63, 3.8) is 0 Å². The van der Waals surface area contributed by atoms with Crippen molar-refractivity contribution in [2.75, 3.05) is 72.5 Å². The number of Topliss-reactive ketones (excluding diaryl/α,β-unsaturated/α-hetero) is 1. The zero-order valence-electron chi connectivity index (χ0n) is 19.0. The Morgan fingerprint density at radius 3 is 1.97 bits per heavy atom. The number of hydrogen-bond donors (Lipinski definition) is 1. The lowest BCUT2D eigenvalue weighted by molar-refractivity contribution is -0.144. The van der Waals surface area contributed by atoms with Crippen LogP contribution in [0.15, 0.2) is 0 Å². The average Bonchev–Trinajstić information content (AvgIpc) is 2.65. The molecular formula is C22H42N4O3. The minimum Gasteiger partial charge on any atom is -0.480 e. The highest BCUT2D eigenvalue weighted by Crippen LogP contribution is 2.20. The van der Waals surface area contributed by atoms with E-state index in [1.165, 1.54) is 0 Å². The van der Waals surface area contributed by atoms with Gasteiger partial charge in [-0.15, -0.1) is 0 Å². The number of carboxylic acids is 1. The first kappa shape index (κ1) is 24.3. The van der Waals surface area contributed by atoms with E-state index in [0.717, 1.165) is 78.3 Å². The van der Waals surface area contributed by atoms with Crippen LogP contribution in [-0.2, 0) is 9.59 Å². The molecule has 29 heavy (non-hydrogen) atoms. The number of nitrogens with zero attached hydrogens (tertiary/aromatic N) is 4. The van der Waals surface area contributed by atoms with Gasteiger partial charge >= 0.3 is 5.97 Å². The molecule has 0 aliphatic carbocycles. The fraction of sp³-hybridized carbons (Fsp3) is 0.909. The molecule has 2 fully saturated rings. The Morgan fingerprint density at radius 1 is 0.828 bits per heavy atom. The van der Waals surface area contributed by atoms with Crippen molar-refractivity contribution in [1.29, 1.82) is 0 Å². The van der Waals surface area contributed by atoms with Crippen molar-refractivity contribution < 1.29 is 14.7 Å². The lowest BCUT2D eigenvalue weighted by atomic mass is 9.87. The van der Waals surface area contributed by atoms with E-state index in [9.17, 15) is 14.7 Å². The summed E-state index contributed by atoms with van der Waals surface area (Å²) in [6.45, 7) is 15.6. The van der Waals surface area contributed by atoms with E-state index in [4.69, 9.17) is 0 Å². The van der Waals surface area contributed by atoms with Gasteiger partial charge in [-0.2, -0.15) is 0 Å². The second kappa shape index (κ2) is 11.4. The average molecular weight is 411 g/mol. The summed E-state index contributed by atoms with van der Waals surface area (Å²) in [5, 5.41) is 9.89. The molecule has 0 aromatic carbocycles. The molecule has 2 rings (SSSR count). The van der Waals surface area contributed by atoms with Crippen LogP contribution in [0.1, 0.15) is 46.5 Å². The van der Waals surface area contributed by atoms with E-state index in [0.29, 0.717) is 12.8 Å². The van der Waals surface area contributed by atoms with E-state index in [2.05, 4.69) is 26.6 Å². The third kappa shape index (κ3) is 8.32. The van der Waals surface area contributed by atoms with Crippen LogP contribution in [0.25, 0.3) is 0 Å². The molecule has 2 bridgehead atoms. The van der Waals surface area contributed by atoms with Crippen LogP contribution in [0.2, 0.25) is 0 Å². The summed E-state index contributed by atoms with van der Waals surface area (Å²) >= 11 is 0. The third-order valence-corrected chi connectivity index (χ3v) is 6.37. The van der Waals surface area contributed by atoms with Gasteiger partial charge in [0.2, 0.25) is 0 Å². The SMILES string of the molecule is CN1CCCN2CCN(CCCN(C(CCC(=O)C(C)(C)C)C(=O)O)CC2)CC1. The highest BCUT2D eigenvalue weighted by molar-refractivity contribution is 5.84. The van der Waals surface area contributed by atoms with Crippen LogP contribution in [0.4, 0.5) is 0 Å². The Labute approximate surface area is 177 Å². The van der Waals surface area contributed by atoms with Crippen LogP contribution in [-0.4, -0.2) is 115 Å². The van der Waals surface area contributed by atoms with Gasteiger partial charge in [-0.1, -0.05) is 20.8 Å². The Bertz CT molecular complexity index is 535. The number of ketones is 1. The van der Waals surface area contributed by atoms with E-state index >= 15 is 0 Å². The molecule has 2 saturated heterocycles. The zero-order chi connectivity index (χ0) is 21.4. The molecule has 0 aromatic rings. The maximum atomic E-state index is 12.4. The summed E-state index contributed by atoms with van der Waals surface area (Å²) in [6.07, 6.45) is 2.86. The molecule has 0 aromatic heterocycles. The molecule has 0 radical (unpaired) electrons. The number of carboxylic acid groups (broad SMARTS) is 1. The number of carbonyl (C=O) groups excluding carboxylic acids is 1. The topological polar surface area (TPSA) is 67.3 Å². The Balaban J connectivity index is 2.04. The maximum absolute atomic E-state index is 12.4. The summed E-state index contributed by atoms with van der Waals surface area (Å²) < 4.78 is 0. The monoisotopic (exact) mass is 410 g/mol. The van der Waals surface area contributed by atoms with E-state index in [1.807, 2.05) is 20.8 Å². The van der Waals surface area contributed by atoms with Crippen LogP contribution in [0.5, 0.6) is 0 Å². The van der Waals surface area contributed by atoms with Gasteiger partial charge in [-0.05, 0) is 45.9 Å².